The topological polar surface area (TPSA) is 153 Å². The number of benzene rings is 1. The Balaban J connectivity index is 1.74. The zero-order chi connectivity index (χ0) is 21.7. The van der Waals surface area contributed by atoms with Crippen molar-refractivity contribution in [3.05, 3.63) is 56.7 Å². The number of nitrogens with two attached hydrogens (primary N) is 2. The number of halogens is 2. The summed E-state index contributed by atoms with van der Waals surface area (Å²) in [5.41, 5.74) is 11.8. The van der Waals surface area contributed by atoms with Gasteiger partial charge in [-0.3, -0.25) is 9.89 Å². The summed E-state index contributed by atoms with van der Waals surface area (Å²) >= 11 is 12.6. The van der Waals surface area contributed by atoms with Gasteiger partial charge in [0.15, 0.2) is 5.82 Å². The molecule has 10 nitrogen and oxygen atoms in total. The monoisotopic (exact) mass is 457 g/mol. The molecule has 0 unspecified atom stereocenters. The second-order valence-electron chi connectivity index (χ2n) is 7.28. The van der Waals surface area contributed by atoms with Crippen LogP contribution in [0.15, 0.2) is 35.3 Å². The number of nitrogen functional groups attached to an aromatic ring is 2. The van der Waals surface area contributed by atoms with Crippen LogP contribution in [0.3, 0.4) is 0 Å². The molecule has 5 rings (SSSR count). The lowest BCUT2D eigenvalue weighted by molar-refractivity contribution is 0.605. The number of hydrogen-bond donors (Lipinski definition) is 4. The maximum Gasteiger partial charge on any atom is 0.268 e. The molecule has 0 aliphatic heterocycles. The van der Waals surface area contributed by atoms with Gasteiger partial charge in [-0.05, 0) is 30.9 Å². The van der Waals surface area contributed by atoms with Gasteiger partial charge in [0, 0.05) is 6.07 Å². The van der Waals surface area contributed by atoms with Crippen LogP contribution in [-0.4, -0.2) is 29.7 Å². The molecule has 0 saturated heterocycles. The van der Waals surface area contributed by atoms with Gasteiger partial charge in [-0.2, -0.15) is 15.1 Å². The first-order valence-electron chi connectivity index (χ1n) is 9.50. The summed E-state index contributed by atoms with van der Waals surface area (Å²) < 4.78 is 1.47. The summed E-state index contributed by atoms with van der Waals surface area (Å²) in [5.74, 6) is 1.47. The van der Waals surface area contributed by atoms with Crippen LogP contribution < -0.4 is 22.3 Å². The molecule has 4 aromatic rings. The Kier molecular flexibility index (Phi) is 4.67. The zero-order valence-corrected chi connectivity index (χ0v) is 17.5. The van der Waals surface area contributed by atoms with Crippen LogP contribution in [0.25, 0.3) is 16.7 Å². The minimum absolute atomic E-state index is 0.0110. The van der Waals surface area contributed by atoms with Gasteiger partial charge in [-0.25, -0.2) is 9.55 Å². The molecule has 0 radical (unpaired) electrons. The summed E-state index contributed by atoms with van der Waals surface area (Å²) in [6.45, 7) is 0. The minimum atomic E-state index is -0.398. The van der Waals surface area contributed by atoms with Gasteiger partial charge in [-0.1, -0.05) is 29.3 Å². The first kappa shape index (κ1) is 19.6. The van der Waals surface area contributed by atoms with Crippen molar-refractivity contribution in [3.63, 3.8) is 0 Å². The van der Waals surface area contributed by atoms with E-state index < -0.39 is 6.04 Å². The van der Waals surface area contributed by atoms with Gasteiger partial charge >= 0.3 is 0 Å². The van der Waals surface area contributed by atoms with E-state index in [1.807, 2.05) is 0 Å². The van der Waals surface area contributed by atoms with E-state index in [-0.39, 0.29) is 34.1 Å². The van der Waals surface area contributed by atoms with Crippen LogP contribution >= 0.6 is 23.2 Å². The number of fused-ring (bicyclic) bond motifs is 1. The third kappa shape index (κ3) is 3.43. The molecule has 1 aliphatic carbocycles. The number of anilines is 3. The van der Waals surface area contributed by atoms with Gasteiger partial charge < -0.3 is 16.8 Å². The molecular weight excluding hydrogens is 441 g/mol. The number of nitrogens with zero attached hydrogens (tertiary/aromatic N) is 5. The smallest absolute Gasteiger partial charge is 0.268 e. The molecule has 12 heteroatoms. The van der Waals surface area contributed by atoms with E-state index in [1.54, 1.807) is 30.5 Å². The van der Waals surface area contributed by atoms with Crippen LogP contribution in [0.4, 0.5) is 17.6 Å². The van der Waals surface area contributed by atoms with E-state index >= 15 is 0 Å². The van der Waals surface area contributed by atoms with Crippen LogP contribution in [-0.2, 0) is 0 Å². The summed E-state index contributed by atoms with van der Waals surface area (Å²) in [6, 6.07) is 6.45. The first-order chi connectivity index (χ1) is 14.9. The highest BCUT2D eigenvalue weighted by atomic mass is 35.5. The van der Waals surface area contributed by atoms with E-state index in [0.29, 0.717) is 27.6 Å². The Labute approximate surface area is 185 Å². The molecule has 3 aromatic heterocycles. The second kappa shape index (κ2) is 7.40. The lowest BCUT2D eigenvalue weighted by Crippen LogP contribution is -2.30. The van der Waals surface area contributed by atoms with Crippen LogP contribution in [0.1, 0.15) is 24.7 Å². The molecule has 31 heavy (non-hydrogen) atoms. The number of nitrogens with one attached hydrogen (secondary N) is 2. The number of rotatable bonds is 5. The average Bonchev–Trinajstić information content (AvgIpc) is 3.43. The van der Waals surface area contributed by atoms with Gasteiger partial charge in [0.2, 0.25) is 5.95 Å². The van der Waals surface area contributed by atoms with Crippen LogP contribution in [0, 0.1) is 5.92 Å². The molecule has 0 spiro atoms. The molecule has 6 N–H and O–H groups in total. The number of aromatic amines is 1. The highest BCUT2D eigenvalue weighted by molar-refractivity contribution is 6.35. The zero-order valence-electron chi connectivity index (χ0n) is 16.0. The second-order valence-corrected chi connectivity index (χ2v) is 8.06. The van der Waals surface area contributed by atoms with Crippen molar-refractivity contribution in [2.75, 3.05) is 16.8 Å². The quantitative estimate of drug-likeness (QED) is 0.356. The number of hydrogen-bond acceptors (Lipinski definition) is 8. The highest BCUT2D eigenvalue weighted by Gasteiger charge is 2.37. The van der Waals surface area contributed by atoms with Crippen molar-refractivity contribution in [2.24, 2.45) is 5.92 Å². The molecule has 0 amide bonds. The fourth-order valence-corrected chi connectivity index (χ4v) is 3.96. The van der Waals surface area contributed by atoms with Crippen LogP contribution in [0.2, 0.25) is 10.0 Å². The maximum absolute atomic E-state index is 13.5. The third-order valence-electron chi connectivity index (χ3n) is 5.16. The summed E-state index contributed by atoms with van der Waals surface area (Å²) in [6.07, 6.45) is 3.44. The molecule has 158 valence electrons. The first-order valence-corrected chi connectivity index (χ1v) is 10.3. The van der Waals surface area contributed by atoms with Gasteiger partial charge in [0.05, 0.1) is 28.2 Å². The lowest BCUT2D eigenvalue weighted by atomic mass is 10.1. The lowest BCUT2D eigenvalue weighted by Gasteiger charge is -2.23. The number of aromatic nitrogens is 6. The predicted octanol–water partition coefficient (Wildman–Crippen LogP) is 2.93. The molecule has 1 fully saturated rings. The molecule has 1 aliphatic rings. The van der Waals surface area contributed by atoms with E-state index in [2.05, 4.69) is 25.5 Å². The van der Waals surface area contributed by atoms with E-state index in [1.165, 1.54) is 4.57 Å². The molecular formula is C19H17Cl2N9O. The van der Waals surface area contributed by atoms with Crippen molar-refractivity contribution < 1.29 is 0 Å². The van der Waals surface area contributed by atoms with Crippen LogP contribution in [0.5, 0.6) is 0 Å². The Hall–Kier alpha value is -3.37. The van der Waals surface area contributed by atoms with Gasteiger partial charge in [0.25, 0.3) is 5.56 Å². The molecule has 1 atom stereocenters. The number of H-pyrrole nitrogens is 1. The van der Waals surface area contributed by atoms with E-state index in [4.69, 9.17) is 39.7 Å². The Morgan fingerprint density at radius 3 is 2.68 bits per heavy atom. The largest absolute Gasteiger partial charge is 0.382 e. The summed E-state index contributed by atoms with van der Waals surface area (Å²) in [7, 11) is 0. The Morgan fingerprint density at radius 1 is 1.16 bits per heavy atom. The SMILES string of the molecule is Nc1nc(N)c(Cl)c(N[C@@H](c2nc3cccc(Cl)c3c(=O)n2-c2ccn[nH]2)C2CC2)n1. The molecule has 3 heterocycles. The summed E-state index contributed by atoms with van der Waals surface area (Å²) in [4.78, 5) is 26.4. The molecule has 0 bridgehead atoms. The molecule has 1 aromatic carbocycles. The van der Waals surface area contributed by atoms with Crippen molar-refractivity contribution in [2.45, 2.75) is 18.9 Å². The van der Waals surface area contributed by atoms with E-state index in [9.17, 15) is 4.79 Å². The van der Waals surface area contributed by atoms with Gasteiger partial charge in [-0.15, -0.1) is 0 Å². The van der Waals surface area contributed by atoms with Crippen molar-refractivity contribution in [3.8, 4) is 5.82 Å². The van der Waals surface area contributed by atoms with E-state index in [0.717, 1.165) is 12.8 Å². The maximum atomic E-state index is 13.5. The normalized spacial score (nSPS) is 14.6. The Bertz CT molecular complexity index is 1350. The van der Waals surface area contributed by atoms with Crippen molar-refractivity contribution in [1.82, 2.24) is 29.7 Å². The highest BCUT2D eigenvalue weighted by Crippen LogP contribution is 2.43. The Morgan fingerprint density at radius 2 is 1.97 bits per heavy atom. The minimum Gasteiger partial charge on any atom is -0.382 e. The predicted molar refractivity (Wildman–Crippen MR) is 119 cm³/mol. The van der Waals surface area contributed by atoms with Crippen molar-refractivity contribution >= 4 is 51.7 Å². The fourth-order valence-electron chi connectivity index (χ4n) is 3.57. The third-order valence-corrected chi connectivity index (χ3v) is 5.85. The average molecular weight is 458 g/mol. The van der Waals surface area contributed by atoms with Gasteiger partial charge in [0.1, 0.15) is 22.5 Å². The summed E-state index contributed by atoms with van der Waals surface area (Å²) in [5, 5.41) is 10.9. The molecule has 1 saturated carbocycles. The standard InChI is InChI=1S/C19H17Cl2N9O/c20-9-2-1-3-10-12(9)18(31)30(11-6-7-24-29-11)17(25-10)14(8-4-5-8)26-16-13(21)15(22)27-19(23)28-16/h1-3,6-8,14H,4-5H2,(H,24,29)(H5,22,23,26,27,28)/t14-/m1/s1. The fraction of sp³-hybridized carbons (Fsp3) is 0.211. The van der Waals surface area contributed by atoms with Crippen molar-refractivity contribution in [1.29, 1.82) is 0 Å².